The van der Waals surface area contributed by atoms with Gasteiger partial charge in [-0.3, -0.25) is 4.90 Å². The number of nitrogens with zero attached hydrogens (tertiary/aromatic N) is 1. The number of likely N-dealkylation sites (tertiary alicyclic amines) is 1. The van der Waals surface area contributed by atoms with Crippen molar-refractivity contribution >= 4 is 15.9 Å². The molecule has 0 radical (unpaired) electrons. The van der Waals surface area contributed by atoms with Crippen LogP contribution in [0, 0.1) is 11.7 Å². The van der Waals surface area contributed by atoms with E-state index in [2.05, 4.69) is 20.8 Å². The van der Waals surface area contributed by atoms with Crippen LogP contribution in [0.2, 0.25) is 0 Å². The van der Waals surface area contributed by atoms with Crippen LogP contribution in [-0.2, 0) is 6.54 Å². The minimum absolute atomic E-state index is 0.135. The van der Waals surface area contributed by atoms with Crippen molar-refractivity contribution in [2.45, 2.75) is 57.2 Å². The Hall–Kier alpha value is -0.450. The van der Waals surface area contributed by atoms with Gasteiger partial charge in [0.15, 0.2) is 0 Å². The molecule has 1 heterocycles. The first-order chi connectivity index (χ1) is 10.1. The van der Waals surface area contributed by atoms with E-state index in [1.807, 2.05) is 12.1 Å². The van der Waals surface area contributed by atoms with Gasteiger partial charge in [-0.05, 0) is 65.9 Å². The SMILES string of the molecule is OC1CCCCC1C1CCCN1Cc1ccc(F)c(Br)c1. The average Bonchev–Trinajstić information content (AvgIpc) is 2.91. The Morgan fingerprint density at radius 2 is 2.00 bits per heavy atom. The topological polar surface area (TPSA) is 23.5 Å². The molecule has 1 saturated heterocycles. The van der Waals surface area contributed by atoms with Crippen molar-refractivity contribution < 1.29 is 9.50 Å². The Morgan fingerprint density at radius 1 is 1.19 bits per heavy atom. The molecule has 3 unspecified atom stereocenters. The highest BCUT2D eigenvalue weighted by Gasteiger charge is 2.36. The van der Waals surface area contributed by atoms with Crippen LogP contribution in [0.3, 0.4) is 0 Å². The van der Waals surface area contributed by atoms with Gasteiger partial charge in [0.05, 0.1) is 10.6 Å². The first-order valence-electron chi connectivity index (χ1n) is 8.01. The zero-order chi connectivity index (χ0) is 14.8. The molecular formula is C17H23BrFNO. The third-order valence-corrected chi connectivity index (χ3v) is 5.67. The van der Waals surface area contributed by atoms with Gasteiger partial charge in [-0.15, -0.1) is 0 Å². The van der Waals surface area contributed by atoms with Gasteiger partial charge in [-0.1, -0.05) is 18.9 Å². The molecule has 0 spiro atoms. The van der Waals surface area contributed by atoms with Crippen molar-refractivity contribution in [2.24, 2.45) is 5.92 Å². The van der Waals surface area contributed by atoms with Crippen molar-refractivity contribution in [3.8, 4) is 0 Å². The summed E-state index contributed by atoms with van der Waals surface area (Å²) in [5, 5.41) is 10.3. The summed E-state index contributed by atoms with van der Waals surface area (Å²) in [4.78, 5) is 2.49. The monoisotopic (exact) mass is 355 g/mol. The number of hydrogen-bond donors (Lipinski definition) is 1. The largest absolute Gasteiger partial charge is 0.393 e. The molecule has 1 saturated carbocycles. The zero-order valence-corrected chi connectivity index (χ0v) is 13.9. The Balaban J connectivity index is 1.70. The van der Waals surface area contributed by atoms with E-state index in [1.165, 1.54) is 25.3 Å². The van der Waals surface area contributed by atoms with E-state index in [4.69, 9.17) is 0 Å². The first-order valence-corrected chi connectivity index (χ1v) is 8.80. The molecule has 0 amide bonds. The molecule has 4 heteroatoms. The lowest BCUT2D eigenvalue weighted by atomic mass is 9.80. The molecule has 2 fully saturated rings. The van der Waals surface area contributed by atoms with Crippen LogP contribution in [0.15, 0.2) is 22.7 Å². The second-order valence-electron chi connectivity index (χ2n) is 6.44. The molecule has 3 atom stereocenters. The van der Waals surface area contributed by atoms with Crippen LogP contribution in [0.4, 0.5) is 4.39 Å². The van der Waals surface area contributed by atoms with E-state index >= 15 is 0 Å². The fourth-order valence-corrected chi connectivity index (χ4v) is 4.42. The van der Waals surface area contributed by atoms with Crippen molar-refractivity contribution in [3.63, 3.8) is 0 Å². The third kappa shape index (κ3) is 3.49. The summed E-state index contributed by atoms with van der Waals surface area (Å²) >= 11 is 3.26. The highest BCUT2D eigenvalue weighted by molar-refractivity contribution is 9.10. The Labute approximate surface area is 134 Å². The smallest absolute Gasteiger partial charge is 0.137 e. The zero-order valence-electron chi connectivity index (χ0n) is 12.3. The predicted molar refractivity (Wildman–Crippen MR) is 85.5 cm³/mol. The molecule has 1 aliphatic heterocycles. The van der Waals surface area contributed by atoms with E-state index in [0.717, 1.165) is 37.9 Å². The van der Waals surface area contributed by atoms with Crippen molar-refractivity contribution in [1.82, 2.24) is 4.90 Å². The quantitative estimate of drug-likeness (QED) is 0.881. The Kier molecular flexibility index (Phi) is 4.97. The van der Waals surface area contributed by atoms with Crippen LogP contribution in [0.5, 0.6) is 0 Å². The summed E-state index contributed by atoms with van der Waals surface area (Å²) in [5.74, 6) is 0.213. The van der Waals surface area contributed by atoms with Crippen LogP contribution in [0.25, 0.3) is 0 Å². The van der Waals surface area contributed by atoms with E-state index in [-0.39, 0.29) is 11.9 Å². The minimum Gasteiger partial charge on any atom is -0.393 e. The van der Waals surface area contributed by atoms with Gasteiger partial charge in [0.1, 0.15) is 5.82 Å². The molecular weight excluding hydrogens is 333 g/mol. The summed E-state index contributed by atoms with van der Waals surface area (Å²) in [7, 11) is 0. The summed E-state index contributed by atoms with van der Waals surface area (Å²) in [6.45, 7) is 1.94. The third-order valence-electron chi connectivity index (χ3n) is 5.06. The highest BCUT2D eigenvalue weighted by atomic mass is 79.9. The lowest BCUT2D eigenvalue weighted by Gasteiger charge is -2.37. The number of rotatable bonds is 3. The van der Waals surface area contributed by atoms with Crippen LogP contribution < -0.4 is 0 Å². The van der Waals surface area contributed by atoms with Crippen molar-refractivity contribution in [1.29, 1.82) is 0 Å². The van der Waals surface area contributed by atoms with E-state index in [1.54, 1.807) is 0 Å². The standard InChI is InChI=1S/C17H23BrFNO/c18-14-10-12(7-8-15(14)19)11-20-9-3-5-16(20)13-4-1-2-6-17(13)21/h7-8,10,13,16-17,21H,1-6,9,11H2. The first kappa shape index (κ1) is 15.4. The second-order valence-corrected chi connectivity index (χ2v) is 7.30. The van der Waals surface area contributed by atoms with E-state index < -0.39 is 0 Å². The number of halogens is 2. The number of hydrogen-bond acceptors (Lipinski definition) is 2. The number of aliphatic hydroxyl groups is 1. The number of aliphatic hydroxyl groups excluding tert-OH is 1. The molecule has 3 rings (SSSR count). The lowest BCUT2D eigenvalue weighted by Crippen LogP contribution is -2.42. The molecule has 1 N–H and O–H groups in total. The molecule has 1 aliphatic carbocycles. The molecule has 0 aromatic heterocycles. The predicted octanol–water partition coefficient (Wildman–Crippen LogP) is 4.10. The van der Waals surface area contributed by atoms with E-state index in [9.17, 15) is 9.50 Å². The summed E-state index contributed by atoms with van der Waals surface area (Å²) in [5.41, 5.74) is 1.14. The van der Waals surface area contributed by atoms with E-state index in [0.29, 0.717) is 16.4 Å². The fraction of sp³-hybridized carbons (Fsp3) is 0.647. The molecule has 21 heavy (non-hydrogen) atoms. The minimum atomic E-state index is -0.209. The summed E-state index contributed by atoms with van der Waals surface area (Å²) in [6, 6.07) is 5.76. The normalized spacial score (nSPS) is 30.7. The average molecular weight is 356 g/mol. The van der Waals surface area contributed by atoms with Gasteiger partial charge < -0.3 is 5.11 Å². The maximum Gasteiger partial charge on any atom is 0.137 e. The van der Waals surface area contributed by atoms with Crippen LogP contribution >= 0.6 is 15.9 Å². The van der Waals surface area contributed by atoms with Crippen molar-refractivity contribution in [2.75, 3.05) is 6.54 Å². The number of benzene rings is 1. The second kappa shape index (κ2) is 6.76. The van der Waals surface area contributed by atoms with Crippen LogP contribution in [-0.4, -0.2) is 28.7 Å². The Bertz CT molecular complexity index is 496. The van der Waals surface area contributed by atoms with Crippen LogP contribution in [0.1, 0.15) is 44.1 Å². The maximum atomic E-state index is 13.3. The maximum absolute atomic E-state index is 13.3. The Morgan fingerprint density at radius 3 is 2.76 bits per heavy atom. The summed E-state index contributed by atoms with van der Waals surface area (Å²) < 4.78 is 13.9. The molecule has 116 valence electrons. The van der Waals surface area contributed by atoms with Gasteiger partial charge in [0, 0.05) is 18.5 Å². The molecule has 0 bridgehead atoms. The summed E-state index contributed by atoms with van der Waals surface area (Å²) in [6.07, 6.45) is 6.76. The fourth-order valence-electron chi connectivity index (χ4n) is 3.99. The molecule has 2 nitrogen and oxygen atoms in total. The van der Waals surface area contributed by atoms with Gasteiger partial charge in [0.25, 0.3) is 0 Å². The molecule has 2 aliphatic rings. The van der Waals surface area contributed by atoms with Gasteiger partial charge in [-0.25, -0.2) is 4.39 Å². The highest BCUT2D eigenvalue weighted by Crippen LogP contribution is 2.35. The van der Waals surface area contributed by atoms with Crippen molar-refractivity contribution in [3.05, 3.63) is 34.1 Å². The molecule has 1 aromatic carbocycles. The molecule has 1 aromatic rings. The van der Waals surface area contributed by atoms with Gasteiger partial charge >= 0.3 is 0 Å². The lowest BCUT2D eigenvalue weighted by molar-refractivity contribution is 0.0201. The van der Waals surface area contributed by atoms with Gasteiger partial charge in [0.2, 0.25) is 0 Å². The van der Waals surface area contributed by atoms with Gasteiger partial charge in [-0.2, -0.15) is 0 Å².